The second-order valence-corrected chi connectivity index (χ2v) is 3.77. The Morgan fingerprint density at radius 1 is 1.40 bits per heavy atom. The van der Waals surface area contributed by atoms with Gasteiger partial charge in [-0.25, -0.2) is 0 Å². The summed E-state index contributed by atoms with van der Waals surface area (Å²) in [5, 5.41) is 3.94. The number of oxime groups is 1. The highest BCUT2D eigenvalue weighted by Gasteiger charge is 2.18. The minimum absolute atomic E-state index is 0.519. The average Bonchev–Trinajstić information content (AvgIpc) is 3.09. The van der Waals surface area contributed by atoms with Gasteiger partial charge in [0.1, 0.15) is 6.61 Å². The lowest BCUT2D eigenvalue weighted by Crippen LogP contribution is -1.91. The Kier molecular flexibility index (Phi) is 3.18. The Morgan fingerprint density at radius 3 is 2.93 bits per heavy atom. The molecule has 1 saturated carbocycles. The monoisotopic (exact) mass is 201 g/mol. The number of hydrogen-bond donors (Lipinski definition) is 0. The fourth-order valence-electron chi connectivity index (χ4n) is 1.35. The van der Waals surface area contributed by atoms with Gasteiger partial charge in [-0.15, -0.1) is 0 Å². The first-order chi connectivity index (χ1) is 7.40. The molecule has 2 heteroatoms. The van der Waals surface area contributed by atoms with Gasteiger partial charge in [0.05, 0.1) is 0 Å². The quantitative estimate of drug-likeness (QED) is 0.529. The van der Waals surface area contributed by atoms with Crippen molar-refractivity contribution in [2.24, 2.45) is 11.1 Å². The molecule has 2 nitrogen and oxygen atoms in total. The molecule has 0 spiro atoms. The van der Waals surface area contributed by atoms with Crippen LogP contribution in [0.15, 0.2) is 36.0 Å². The van der Waals surface area contributed by atoms with E-state index in [4.69, 9.17) is 4.84 Å². The molecule has 0 heterocycles. The molecule has 0 radical (unpaired) electrons. The lowest BCUT2D eigenvalue weighted by Gasteiger charge is -2.03. The lowest BCUT2D eigenvalue weighted by molar-refractivity contribution is 0.131. The molecule has 0 saturated heterocycles. The SMILES string of the molecule is C=Cc1ccccc1CON=CC1CC1. The van der Waals surface area contributed by atoms with E-state index >= 15 is 0 Å². The van der Waals surface area contributed by atoms with Crippen LogP contribution in [-0.4, -0.2) is 6.21 Å². The molecule has 15 heavy (non-hydrogen) atoms. The Balaban J connectivity index is 1.88. The van der Waals surface area contributed by atoms with Crippen LogP contribution in [-0.2, 0) is 11.4 Å². The number of nitrogens with zero attached hydrogens (tertiary/aromatic N) is 1. The van der Waals surface area contributed by atoms with Crippen LogP contribution in [0.5, 0.6) is 0 Å². The minimum atomic E-state index is 0.519. The van der Waals surface area contributed by atoms with E-state index in [0.29, 0.717) is 12.5 Å². The van der Waals surface area contributed by atoms with Crippen molar-refractivity contribution in [1.82, 2.24) is 0 Å². The van der Waals surface area contributed by atoms with Crippen molar-refractivity contribution in [3.05, 3.63) is 42.0 Å². The number of hydrogen-bond acceptors (Lipinski definition) is 2. The van der Waals surface area contributed by atoms with Gasteiger partial charge in [-0.1, -0.05) is 42.1 Å². The van der Waals surface area contributed by atoms with Crippen LogP contribution in [0, 0.1) is 5.92 Å². The zero-order valence-corrected chi connectivity index (χ0v) is 8.73. The van der Waals surface area contributed by atoms with Crippen molar-refractivity contribution in [3.8, 4) is 0 Å². The van der Waals surface area contributed by atoms with E-state index in [1.807, 2.05) is 36.6 Å². The molecule has 0 amide bonds. The molecule has 1 aromatic rings. The highest BCUT2D eigenvalue weighted by Crippen LogP contribution is 2.26. The predicted molar refractivity (Wildman–Crippen MR) is 62.5 cm³/mol. The van der Waals surface area contributed by atoms with Crippen molar-refractivity contribution >= 4 is 12.3 Å². The molecule has 0 N–H and O–H groups in total. The molecule has 78 valence electrons. The average molecular weight is 201 g/mol. The molecule has 2 rings (SSSR count). The molecule has 1 fully saturated rings. The van der Waals surface area contributed by atoms with Gasteiger partial charge in [-0.05, 0) is 29.9 Å². The smallest absolute Gasteiger partial charge is 0.142 e. The van der Waals surface area contributed by atoms with Crippen molar-refractivity contribution in [1.29, 1.82) is 0 Å². The summed E-state index contributed by atoms with van der Waals surface area (Å²) in [6.45, 7) is 4.28. The molecule has 0 bridgehead atoms. The van der Waals surface area contributed by atoms with Crippen LogP contribution in [0.4, 0.5) is 0 Å². The molecule has 0 aromatic heterocycles. The van der Waals surface area contributed by atoms with Crippen molar-refractivity contribution in [2.75, 3.05) is 0 Å². The van der Waals surface area contributed by atoms with Crippen LogP contribution >= 0.6 is 0 Å². The first kappa shape index (κ1) is 9.97. The molecular formula is C13H15NO. The van der Waals surface area contributed by atoms with Gasteiger partial charge >= 0.3 is 0 Å². The number of rotatable bonds is 5. The van der Waals surface area contributed by atoms with E-state index < -0.39 is 0 Å². The maximum absolute atomic E-state index is 5.23. The summed E-state index contributed by atoms with van der Waals surface area (Å²) in [5.74, 6) is 0.666. The third-order valence-electron chi connectivity index (χ3n) is 2.46. The maximum Gasteiger partial charge on any atom is 0.142 e. The van der Waals surface area contributed by atoms with Gasteiger partial charge < -0.3 is 4.84 Å². The van der Waals surface area contributed by atoms with Crippen LogP contribution in [0.3, 0.4) is 0 Å². The zero-order valence-electron chi connectivity index (χ0n) is 8.73. The van der Waals surface area contributed by atoms with E-state index in [1.54, 1.807) is 0 Å². The van der Waals surface area contributed by atoms with Gasteiger partial charge in [0.2, 0.25) is 0 Å². The van der Waals surface area contributed by atoms with Gasteiger partial charge in [-0.2, -0.15) is 0 Å². The van der Waals surface area contributed by atoms with Crippen molar-refractivity contribution < 1.29 is 4.84 Å². The summed E-state index contributed by atoms with van der Waals surface area (Å²) in [4.78, 5) is 5.23. The molecule has 0 aliphatic heterocycles. The second kappa shape index (κ2) is 4.78. The summed E-state index contributed by atoms with van der Waals surface area (Å²) >= 11 is 0. The van der Waals surface area contributed by atoms with Crippen molar-refractivity contribution in [3.63, 3.8) is 0 Å². The first-order valence-electron chi connectivity index (χ1n) is 5.26. The first-order valence-corrected chi connectivity index (χ1v) is 5.26. The van der Waals surface area contributed by atoms with E-state index in [1.165, 1.54) is 12.8 Å². The molecule has 1 aliphatic rings. The standard InChI is InChI=1S/C13H15NO/c1-2-12-5-3-4-6-13(12)10-15-14-9-11-7-8-11/h2-6,9,11H,1,7-8,10H2. The van der Waals surface area contributed by atoms with Crippen LogP contribution in [0.1, 0.15) is 24.0 Å². The molecular weight excluding hydrogens is 186 g/mol. The summed E-state index contributed by atoms with van der Waals surface area (Å²) in [6.07, 6.45) is 6.26. The van der Waals surface area contributed by atoms with E-state index in [0.717, 1.165) is 11.1 Å². The highest BCUT2D eigenvalue weighted by molar-refractivity contribution is 5.62. The van der Waals surface area contributed by atoms with Crippen LogP contribution in [0.25, 0.3) is 6.08 Å². The van der Waals surface area contributed by atoms with Crippen LogP contribution in [0.2, 0.25) is 0 Å². The zero-order chi connectivity index (χ0) is 10.5. The summed E-state index contributed by atoms with van der Waals surface area (Å²) in [7, 11) is 0. The molecule has 1 aliphatic carbocycles. The largest absolute Gasteiger partial charge is 0.391 e. The maximum atomic E-state index is 5.23. The van der Waals surface area contributed by atoms with E-state index in [-0.39, 0.29) is 0 Å². The van der Waals surface area contributed by atoms with Gasteiger partial charge in [0.15, 0.2) is 0 Å². The Bertz CT molecular complexity index is 367. The summed E-state index contributed by atoms with van der Waals surface area (Å²) < 4.78 is 0. The van der Waals surface area contributed by atoms with E-state index in [9.17, 15) is 0 Å². The second-order valence-electron chi connectivity index (χ2n) is 3.77. The fourth-order valence-corrected chi connectivity index (χ4v) is 1.35. The third-order valence-corrected chi connectivity index (χ3v) is 2.46. The van der Waals surface area contributed by atoms with E-state index in [2.05, 4.69) is 11.7 Å². The van der Waals surface area contributed by atoms with Crippen molar-refractivity contribution in [2.45, 2.75) is 19.4 Å². The highest BCUT2D eigenvalue weighted by atomic mass is 16.6. The Labute approximate surface area is 90.3 Å². The molecule has 1 aromatic carbocycles. The predicted octanol–water partition coefficient (Wildman–Crippen LogP) is 3.24. The molecule has 0 atom stereocenters. The fraction of sp³-hybridized carbons (Fsp3) is 0.308. The Morgan fingerprint density at radius 2 is 2.20 bits per heavy atom. The van der Waals surface area contributed by atoms with Gasteiger partial charge in [0, 0.05) is 6.21 Å². The Hall–Kier alpha value is -1.57. The topological polar surface area (TPSA) is 21.6 Å². The summed E-state index contributed by atoms with van der Waals surface area (Å²) in [5.41, 5.74) is 2.24. The summed E-state index contributed by atoms with van der Waals surface area (Å²) in [6, 6.07) is 8.05. The minimum Gasteiger partial charge on any atom is -0.391 e. The number of benzene rings is 1. The normalized spacial score (nSPS) is 15.5. The molecule has 0 unspecified atom stereocenters. The lowest BCUT2D eigenvalue weighted by atomic mass is 10.1. The van der Waals surface area contributed by atoms with Crippen LogP contribution < -0.4 is 0 Å². The van der Waals surface area contributed by atoms with Gasteiger partial charge in [-0.3, -0.25) is 0 Å². The third kappa shape index (κ3) is 2.94. The van der Waals surface area contributed by atoms with Gasteiger partial charge in [0.25, 0.3) is 0 Å².